The van der Waals surface area contributed by atoms with Crippen molar-refractivity contribution in [2.75, 3.05) is 6.54 Å². The fourth-order valence-corrected chi connectivity index (χ4v) is 3.33. The minimum absolute atomic E-state index is 0.0554. The summed E-state index contributed by atoms with van der Waals surface area (Å²) in [5.74, 6) is 0.527. The number of nitrogens with one attached hydrogen (secondary N) is 2. The monoisotopic (exact) mass is 293 g/mol. The highest BCUT2D eigenvalue weighted by Crippen LogP contribution is 2.27. The number of hydrogen-bond donors (Lipinski definition) is 3. The molecule has 0 amide bonds. The van der Waals surface area contributed by atoms with E-state index in [9.17, 15) is 5.11 Å². The van der Waals surface area contributed by atoms with Gasteiger partial charge in [0.15, 0.2) is 0 Å². The second-order valence-corrected chi connectivity index (χ2v) is 7.45. The van der Waals surface area contributed by atoms with Gasteiger partial charge in [0.2, 0.25) is 0 Å². The van der Waals surface area contributed by atoms with Crippen LogP contribution in [-0.4, -0.2) is 28.0 Å². The predicted molar refractivity (Wildman–Crippen MR) is 86.2 cm³/mol. The minimum atomic E-state index is -0.0554. The third-order valence-corrected chi connectivity index (χ3v) is 4.58. The Kier molecular flexibility index (Phi) is 5.82. The number of nitrogens with zero attached hydrogens (tertiary/aromatic N) is 1. The molecule has 1 fully saturated rings. The molecule has 2 unspecified atom stereocenters. The molecule has 3 N–H and O–H groups in total. The fraction of sp³-hybridized carbons (Fsp3) is 0.824. The summed E-state index contributed by atoms with van der Waals surface area (Å²) in [7, 11) is 0. The van der Waals surface area contributed by atoms with Crippen molar-refractivity contribution in [1.29, 1.82) is 0 Å². The number of aliphatic hydroxyl groups excluding tert-OH is 1. The number of H-pyrrole nitrogens is 1. The summed E-state index contributed by atoms with van der Waals surface area (Å²) in [5, 5.41) is 20.8. The van der Waals surface area contributed by atoms with Crippen LogP contribution in [-0.2, 0) is 12.0 Å². The van der Waals surface area contributed by atoms with E-state index < -0.39 is 0 Å². The van der Waals surface area contributed by atoms with Crippen molar-refractivity contribution in [2.45, 2.75) is 77.4 Å². The summed E-state index contributed by atoms with van der Waals surface area (Å²) in [6, 6.07) is 0. The van der Waals surface area contributed by atoms with Crippen molar-refractivity contribution in [3.63, 3.8) is 0 Å². The lowest BCUT2D eigenvalue weighted by atomic mass is 9.83. The largest absolute Gasteiger partial charge is 0.393 e. The molecule has 0 aliphatic heterocycles. The first-order valence-corrected chi connectivity index (χ1v) is 8.40. The minimum Gasteiger partial charge on any atom is -0.393 e. The number of aromatic nitrogens is 2. The molecule has 1 saturated carbocycles. The van der Waals surface area contributed by atoms with E-state index >= 15 is 0 Å². The van der Waals surface area contributed by atoms with Gasteiger partial charge in [0.25, 0.3) is 0 Å². The van der Waals surface area contributed by atoms with Gasteiger partial charge in [0.1, 0.15) is 0 Å². The van der Waals surface area contributed by atoms with Gasteiger partial charge < -0.3 is 10.4 Å². The van der Waals surface area contributed by atoms with E-state index in [2.05, 4.69) is 36.3 Å². The molecule has 120 valence electrons. The Balaban J connectivity index is 1.67. The lowest BCUT2D eigenvalue weighted by Crippen LogP contribution is -2.26. The zero-order valence-electron chi connectivity index (χ0n) is 13.8. The highest BCUT2D eigenvalue weighted by atomic mass is 16.3. The lowest BCUT2D eigenvalue weighted by Gasteiger charge is -2.27. The first kappa shape index (κ1) is 16.5. The summed E-state index contributed by atoms with van der Waals surface area (Å²) in [6.07, 6.45) is 8.86. The van der Waals surface area contributed by atoms with Crippen LogP contribution in [0.1, 0.15) is 70.6 Å². The summed E-state index contributed by atoms with van der Waals surface area (Å²) in [4.78, 5) is 0. The smallest absolute Gasteiger partial charge is 0.0568 e. The number of aliphatic hydroxyl groups is 1. The Morgan fingerprint density at radius 2 is 2.10 bits per heavy atom. The first-order valence-electron chi connectivity index (χ1n) is 8.40. The molecule has 1 aliphatic carbocycles. The van der Waals surface area contributed by atoms with Crippen LogP contribution in [0.25, 0.3) is 0 Å². The van der Waals surface area contributed by atoms with Gasteiger partial charge in [-0.15, -0.1) is 0 Å². The van der Waals surface area contributed by atoms with E-state index in [1.165, 1.54) is 30.5 Å². The van der Waals surface area contributed by atoms with E-state index in [1.54, 1.807) is 0 Å². The Hall–Kier alpha value is -0.870. The van der Waals surface area contributed by atoms with Gasteiger partial charge in [0, 0.05) is 23.2 Å². The third kappa shape index (κ3) is 4.82. The van der Waals surface area contributed by atoms with Crippen LogP contribution in [0.15, 0.2) is 6.20 Å². The molecule has 0 bridgehead atoms. The predicted octanol–water partition coefficient (Wildman–Crippen LogP) is 3.13. The first-order chi connectivity index (χ1) is 9.98. The van der Waals surface area contributed by atoms with Crippen LogP contribution in [0, 0.1) is 5.92 Å². The van der Waals surface area contributed by atoms with Crippen molar-refractivity contribution in [2.24, 2.45) is 5.92 Å². The van der Waals surface area contributed by atoms with Crippen LogP contribution in [0.3, 0.4) is 0 Å². The standard InChI is InChI=1S/C17H31N3O/c1-17(2,3)16-14(12-19-20-16)11-18-10-6-8-13-7-4-5-9-15(13)21/h12-13,15,18,21H,4-11H2,1-3H3,(H,19,20). The molecule has 1 heterocycles. The molecule has 2 rings (SSSR count). The average Bonchev–Trinajstić information content (AvgIpc) is 2.89. The van der Waals surface area contributed by atoms with E-state index in [4.69, 9.17) is 0 Å². The Morgan fingerprint density at radius 1 is 1.33 bits per heavy atom. The molecule has 1 aliphatic rings. The summed E-state index contributed by atoms with van der Waals surface area (Å²) < 4.78 is 0. The molecule has 0 saturated heterocycles. The van der Waals surface area contributed by atoms with Gasteiger partial charge in [-0.1, -0.05) is 33.6 Å². The Labute approximate surface area is 128 Å². The summed E-state index contributed by atoms with van der Waals surface area (Å²) >= 11 is 0. The van der Waals surface area contributed by atoms with Crippen LogP contribution in [0.5, 0.6) is 0 Å². The molecule has 4 nitrogen and oxygen atoms in total. The SMILES string of the molecule is CC(C)(C)c1[nH]ncc1CNCCCC1CCCCC1O. The van der Waals surface area contributed by atoms with Crippen molar-refractivity contribution >= 4 is 0 Å². The maximum atomic E-state index is 9.97. The molecular weight excluding hydrogens is 262 g/mol. The van der Waals surface area contributed by atoms with Crippen LogP contribution in [0.4, 0.5) is 0 Å². The molecular formula is C17H31N3O. The molecule has 0 aromatic carbocycles. The molecule has 2 atom stereocenters. The normalized spacial score (nSPS) is 23.4. The molecule has 21 heavy (non-hydrogen) atoms. The second kappa shape index (κ2) is 7.41. The number of hydrogen-bond acceptors (Lipinski definition) is 3. The number of rotatable bonds is 6. The Bertz CT molecular complexity index is 422. The zero-order chi connectivity index (χ0) is 15.3. The van der Waals surface area contributed by atoms with Crippen molar-refractivity contribution < 1.29 is 5.11 Å². The van der Waals surface area contributed by atoms with Crippen molar-refractivity contribution in [3.05, 3.63) is 17.5 Å². The molecule has 0 spiro atoms. The lowest BCUT2D eigenvalue weighted by molar-refractivity contribution is 0.0643. The molecule has 4 heteroatoms. The van der Waals surface area contributed by atoms with Gasteiger partial charge >= 0.3 is 0 Å². The highest BCUT2D eigenvalue weighted by Gasteiger charge is 2.22. The summed E-state index contributed by atoms with van der Waals surface area (Å²) in [6.45, 7) is 8.49. The van der Waals surface area contributed by atoms with Crippen molar-refractivity contribution in [3.8, 4) is 0 Å². The van der Waals surface area contributed by atoms with Gasteiger partial charge in [-0.25, -0.2) is 0 Å². The highest BCUT2D eigenvalue weighted by molar-refractivity contribution is 5.23. The maximum absolute atomic E-state index is 9.97. The van der Waals surface area contributed by atoms with E-state index in [1.807, 2.05) is 6.20 Å². The number of aromatic amines is 1. The van der Waals surface area contributed by atoms with Gasteiger partial charge in [-0.2, -0.15) is 5.10 Å². The van der Waals surface area contributed by atoms with E-state index in [0.29, 0.717) is 5.92 Å². The van der Waals surface area contributed by atoms with Crippen LogP contribution >= 0.6 is 0 Å². The topological polar surface area (TPSA) is 60.9 Å². The van der Waals surface area contributed by atoms with Crippen LogP contribution in [0.2, 0.25) is 0 Å². The van der Waals surface area contributed by atoms with E-state index in [-0.39, 0.29) is 11.5 Å². The van der Waals surface area contributed by atoms with Crippen molar-refractivity contribution in [1.82, 2.24) is 15.5 Å². The fourth-order valence-electron chi connectivity index (χ4n) is 3.33. The molecule has 1 aromatic heterocycles. The maximum Gasteiger partial charge on any atom is 0.0568 e. The Morgan fingerprint density at radius 3 is 2.81 bits per heavy atom. The summed E-state index contributed by atoms with van der Waals surface area (Å²) in [5.41, 5.74) is 2.60. The average molecular weight is 293 g/mol. The van der Waals surface area contributed by atoms with Gasteiger partial charge in [0.05, 0.1) is 12.3 Å². The van der Waals surface area contributed by atoms with Crippen LogP contribution < -0.4 is 5.32 Å². The quantitative estimate of drug-likeness (QED) is 0.706. The zero-order valence-corrected chi connectivity index (χ0v) is 13.8. The van der Waals surface area contributed by atoms with E-state index in [0.717, 1.165) is 32.4 Å². The van der Waals surface area contributed by atoms with Gasteiger partial charge in [-0.3, -0.25) is 5.10 Å². The third-order valence-electron chi connectivity index (χ3n) is 4.58. The second-order valence-electron chi connectivity index (χ2n) is 7.45. The molecule has 0 radical (unpaired) electrons. The molecule has 1 aromatic rings. The van der Waals surface area contributed by atoms with Gasteiger partial charge in [-0.05, 0) is 38.1 Å².